The first-order valence-electron chi connectivity index (χ1n) is 9.21. The zero-order valence-electron chi connectivity index (χ0n) is 15.9. The van der Waals surface area contributed by atoms with E-state index in [1.54, 1.807) is 6.33 Å². The number of carbonyl (C=O) groups excluding carboxylic acids is 1. The van der Waals surface area contributed by atoms with Gasteiger partial charge in [-0.05, 0) is 66.4 Å². The first kappa shape index (κ1) is 17.3. The summed E-state index contributed by atoms with van der Waals surface area (Å²) < 4.78 is 1.91. The topological polar surface area (TPSA) is 46.9 Å². The molecule has 0 fully saturated rings. The van der Waals surface area contributed by atoms with Gasteiger partial charge in [-0.3, -0.25) is 4.79 Å². The van der Waals surface area contributed by atoms with Crippen LogP contribution in [-0.2, 0) is 11.3 Å². The van der Waals surface area contributed by atoms with Gasteiger partial charge in [0.1, 0.15) is 6.54 Å². The van der Waals surface area contributed by atoms with Gasteiger partial charge >= 0.3 is 0 Å². The van der Waals surface area contributed by atoms with Crippen LogP contribution < -0.4 is 5.32 Å². The fourth-order valence-electron chi connectivity index (χ4n) is 3.44. The highest BCUT2D eigenvalue weighted by Gasteiger charge is 2.13. The maximum absolute atomic E-state index is 12.6. The third-order valence-corrected chi connectivity index (χ3v) is 5.20. The number of rotatable bonds is 4. The van der Waals surface area contributed by atoms with Gasteiger partial charge in [0.15, 0.2) is 0 Å². The van der Waals surface area contributed by atoms with Crippen molar-refractivity contribution in [2.75, 3.05) is 0 Å². The van der Waals surface area contributed by atoms with Crippen LogP contribution in [0.4, 0.5) is 0 Å². The third kappa shape index (κ3) is 3.43. The maximum atomic E-state index is 12.6. The highest BCUT2D eigenvalue weighted by atomic mass is 16.2. The van der Waals surface area contributed by atoms with E-state index < -0.39 is 0 Å². The summed E-state index contributed by atoms with van der Waals surface area (Å²) in [5.74, 6) is -0.0202. The third-order valence-electron chi connectivity index (χ3n) is 5.20. The zero-order valence-corrected chi connectivity index (χ0v) is 15.9. The molecule has 0 saturated carbocycles. The van der Waals surface area contributed by atoms with E-state index in [-0.39, 0.29) is 18.5 Å². The van der Waals surface area contributed by atoms with Crippen molar-refractivity contribution in [1.82, 2.24) is 14.9 Å². The van der Waals surface area contributed by atoms with Gasteiger partial charge in [0.25, 0.3) is 0 Å². The molecule has 1 unspecified atom stereocenters. The van der Waals surface area contributed by atoms with Gasteiger partial charge in [-0.1, -0.05) is 36.4 Å². The average molecular weight is 357 g/mol. The molecule has 0 aliphatic rings. The van der Waals surface area contributed by atoms with Crippen molar-refractivity contribution in [2.24, 2.45) is 0 Å². The van der Waals surface area contributed by atoms with Gasteiger partial charge in [-0.2, -0.15) is 0 Å². The van der Waals surface area contributed by atoms with E-state index in [1.807, 2.05) is 23.6 Å². The van der Waals surface area contributed by atoms with Crippen molar-refractivity contribution in [3.05, 3.63) is 77.6 Å². The molecule has 0 radical (unpaired) electrons. The Morgan fingerprint density at radius 2 is 1.78 bits per heavy atom. The van der Waals surface area contributed by atoms with Crippen molar-refractivity contribution in [3.63, 3.8) is 0 Å². The quantitative estimate of drug-likeness (QED) is 0.576. The van der Waals surface area contributed by atoms with Gasteiger partial charge in [-0.25, -0.2) is 4.98 Å². The van der Waals surface area contributed by atoms with Gasteiger partial charge in [0.2, 0.25) is 5.91 Å². The Bertz CT molecular complexity index is 1140. The molecule has 0 saturated heterocycles. The number of carbonyl (C=O) groups is 1. The molecule has 0 aliphatic carbocycles. The maximum Gasteiger partial charge on any atom is 0.240 e. The standard InChI is InChI=1S/C23H23N3O/c1-15-10-21-22(11-16(15)2)26(14-24-21)13-23(27)25-17(3)19-9-8-18-6-4-5-7-20(18)12-19/h4-12,14,17H,13H2,1-3H3,(H,25,27). The van der Waals surface area contributed by atoms with Crippen LogP contribution >= 0.6 is 0 Å². The lowest BCUT2D eigenvalue weighted by atomic mass is 10.0. The van der Waals surface area contributed by atoms with E-state index in [0.29, 0.717) is 0 Å². The molecular weight excluding hydrogens is 334 g/mol. The molecule has 1 heterocycles. The number of aryl methyl sites for hydroxylation is 2. The van der Waals surface area contributed by atoms with Crippen LogP contribution in [0.25, 0.3) is 21.8 Å². The van der Waals surface area contributed by atoms with Crippen molar-refractivity contribution >= 4 is 27.7 Å². The van der Waals surface area contributed by atoms with Crippen molar-refractivity contribution in [2.45, 2.75) is 33.4 Å². The lowest BCUT2D eigenvalue weighted by Gasteiger charge is -2.15. The molecule has 0 spiro atoms. The minimum absolute atomic E-state index is 0.0202. The molecule has 0 bridgehead atoms. The summed E-state index contributed by atoms with van der Waals surface area (Å²) in [4.78, 5) is 17.0. The van der Waals surface area contributed by atoms with E-state index in [4.69, 9.17) is 0 Å². The summed E-state index contributed by atoms with van der Waals surface area (Å²) >= 11 is 0. The number of imidazole rings is 1. The van der Waals surface area contributed by atoms with Crippen LogP contribution in [0.5, 0.6) is 0 Å². The number of fused-ring (bicyclic) bond motifs is 2. The fraction of sp³-hybridized carbons (Fsp3) is 0.217. The summed E-state index contributed by atoms with van der Waals surface area (Å²) in [6.45, 7) is 6.43. The number of nitrogens with one attached hydrogen (secondary N) is 1. The van der Waals surface area contributed by atoms with E-state index in [2.05, 4.69) is 66.6 Å². The van der Waals surface area contributed by atoms with Crippen LogP contribution in [0.2, 0.25) is 0 Å². The second-order valence-electron chi connectivity index (χ2n) is 7.19. The summed E-state index contributed by atoms with van der Waals surface area (Å²) in [7, 11) is 0. The fourth-order valence-corrected chi connectivity index (χ4v) is 3.44. The van der Waals surface area contributed by atoms with Gasteiger partial charge in [-0.15, -0.1) is 0 Å². The molecule has 3 aromatic carbocycles. The molecule has 136 valence electrons. The van der Waals surface area contributed by atoms with Crippen LogP contribution in [0.3, 0.4) is 0 Å². The normalized spacial score (nSPS) is 12.4. The Morgan fingerprint density at radius 3 is 2.59 bits per heavy atom. The van der Waals surface area contributed by atoms with Gasteiger partial charge < -0.3 is 9.88 Å². The number of aromatic nitrogens is 2. The van der Waals surface area contributed by atoms with Gasteiger partial charge in [0, 0.05) is 0 Å². The largest absolute Gasteiger partial charge is 0.348 e. The number of hydrogen-bond donors (Lipinski definition) is 1. The molecule has 4 aromatic rings. The van der Waals surface area contributed by atoms with Crippen LogP contribution in [0, 0.1) is 13.8 Å². The average Bonchev–Trinajstić information content (AvgIpc) is 3.03. The Labute approximate surface area is 158 Å². The smallest absolute Gasteiger partial charge is 0.240 e. The van der Waals surface area contributed by atoms with E-state index >= 15 is 0 Å². The molecular formula is C23H23N3O. The van der Waals surface area contributed by atoms with E-state index in [0.717, 1.165) is 16.6 Å². The minimum atomic E-state index is -0.0547. The molecule has 4 rings (SSSR count). The molecule has 1 amide bonds. The molecule has 1 aromatic heterocycles. The predicted molar refractivity (Wildman–Crippen MR) is 110 cm³/mol. The van der Waals surface area contributed by atoms with E-state index in [1.165, 1.54) is 21.9 Å². The molecule has 27 heavy (non-hydrogen) atoms. The second-order valence-corrected chi connectivity index (χ2v) is 7.19. The van der Waals surface area contributed by atoms with E-state index in [9.17, 15) is 4.79 Å². The Kier molecular flexibility index (Phi) is 4.40. The first-order valence-corrected chi connectivity index (χ1v) is 9.21. The Morgan fingerprint density at radius 1 is 1.04 bits per heavy atom. The highest BCUT2D eigenvalue weighted by molar-refractivity contribution is 5.84. The predicted octanol–water partition coefficient (Wildman–Crippen LogP) is 4.68. The number of nitrogens with zero attached hydrogens (tertiary/aromatic N) is 2. The summed E-state index contributed by atoms with van der Waals surface area (Å²) in [6.07, 6.45) is 1.74. The zero-order chi connectivity index (χ0) is 19.0. The highest BCUT2D eigenvalue weighted by Crippen LogP contribution is 2.21. The monoisotopic (exact) mass is 357 g/mol. The number of hydrogen-bond acceptors (Lipinski definition) is 2. The summed E-state index contributed by atoms with van der Waals surface area (Å²) in [5, 5.41) is 5.49. The molecule has 0 aliphatic heterocycles. The Hall–Kier alpha value is -3.14. The van der Waals surface area contributed by atoms with Crippen LogP contribution in [0.15, 0.2) is 60.9 Å². The molecule has 4 heteroatoms. The lowest BCUT2D eigenvalue weighted by molar-refractivity contribution is -0.122. The number of benzene rings is 3. The SMILES string of the molecule is Cc1cc2ncn(CC(=O)NC(C)c3ccc4ccccc4c3)c2cc1C. The van der Waals surface area contributed by atoms with Crippen molar-refractivity contribution in [3.8, 4) is 0 Å². The lowest BCUT2D eigenvalue weighted by Crippen LogP contribution is -2.29. The summed E-state index contributed by atoms with van der Waals surface area (Å²) in [5.41, 5.74) is 5.43. The number of amides is 1. The molecule has 4 nitrogen and oxygen atoms in total. The molecule has 1 atom stereocenters. The summed E-state index contributed by atoms with van der Waals surface area (Å²) in [6, 6.07) is 18.7. The van der Waals surface area contributed by atoms with Gasteiger partial charge in [0.05, 0.1) is 23.4 Å². The van der Waals surface area contributed by atoms with Crippen molar-refractivity contribution < 1.29 is 4.79 Å². The molecule has 1 N–H and O–H groups in total. The first-order chi connectivity index (χ1) is 13.0. The Balaban J connectivity index is 1.51. The van der Waals surface area contributed by atoms with Crippen LogP contribution in [0.1, 0.15) is 29.7 Å². The van der Waals surface area contributed by atoms with Crippen molar-refractivity contribution in [1.29, 1.82) is 0 Å². The second kappa shape index (κ2) is 6.88. The van der Waals surface area contributed by atoms with Crippen LogP contribution in [-0.4, -0.2) is 15.5 Å². The minimum Gasteiger partial charge on any atom is -0.348 e.